The topological polar surface area (TPSA) is 56.3 Å². The molecule has 2 aliphatic rings. The largest absolute Gasteiger partial charge is 0.500 e. The minimum Gasteiger partial charge on any atom is -0.500 e. The zero-order valence-corrected chi connectivity index (χ0v) is 9.65. The molecule has 1 aromatic rings. The van der Waals surface area contributed by atoms with Gasteiger partial charge in [-0.25, -0.2) is 0 Å². The number of hydrogen-bond acceptors (Lipinski definition) is 5. The summed E-state index contributed by atoms with van der Waals surface area (Å²) in [6, 6.07) is 0. The Morgan fingerprint density at radius 1 is 1.53 bits per heavy atom. The molecule has 1 aromatic heterocycles. The molecule has 5 heteroatoms. The number of ether oxygens (including phenoxy) is 1. The van der Waals surface area contributed by atoms with E-state index < -0.39 is 5.92 Å². The smallest absolute Gasteiger partial charge is 0.156 e. The summed E-state index contributed by atoms with van der Waals surface area (Å²) >= 11 is 1.20. The highest BCUT2D eigenvalue weighted by atomic mass is 32.1. The van der Waals surface area contributed by atoms with Crippen molar-refractivity contribution in [1.82, 2.24) is 4.37 Å². The molecule has 0 saturated carbocycles. The van der Waals surface area contributed by atoms with Crippen molar-refractivity contribution in [3.8, 4) is 0 Å². The van der Waals surface area contributed by atoms with Crippen LogP contribution in [0.4, 0.5) is 0 Å². The van der Waals surface area contributed by atoms with E-state index in [0.717, 1.165) is 11.9 Å². The van der Waals surface area contributed by atoms with E-state index in [-0.39, 0.29) is 11.7 Å². The van der Waals surface area contributed by atoms with Crippen molar-refractivity contribution in [2.24, 2.45) is 5.92 Å². The fourth-order valence-electron chi connectivity index (χ4n) is 2.14. The van der Waals surface area contributed by atoms with Gasteiger partial charge in [0.25, 0.3) is 0 Å². The van der Waals surface area contributed by atoms with Gasteiger partial charge in [-0.1, -0.05) is 12.2 Å². The molecule has 0 N–H and O–H groups in total. The molecule has 3 rings (SSSR count). The lowest BCUT2D eigenvalue weighted by molar-refractivity contribution is -0.122. The maximum atomic E-state index is 12.3. The van der Waals surface area contributed by atoms with Gasteiger partial charge in [0, 0.05) is 16.5 Å². The lowest BCUT2D eigenvalue weighted by Crippen LogP contribution is -2.26. The Morgan fingerprint density at radius 3 is 3.24 bits per heavy atom. The number of fused-ring (bicyclic) bond motifs is 1. The van der Waals surface area contributed by atoms with Crippen LogP contribution >= 0.6 is 11.5 Å². The maximum absolute atomic E-state index is 12.3. The third-order valence-electron chi connectivity index (χ3n) is 3.06. The normalized spacial score (nSPS) is 26.4. The van der Waals surface area contributed by atoms with Crippen molar-refractivity contribution in [3.63, 3.8) is 0 Å². The van der Waals surface area contributed by atoms with Crippen LogP contribution in [0, 0.1) is 5.92 Å². The van der Waals surface area contributed by atoms with Crippen LogP contribution in [0.25, 0.3) is 0 Å². The Bertz CT molecular complexity index is 544. The average Bonchev–Trinajstić information content (AvgIpc) is 2.97. The first kappa shape index (κ1) is 10.4. The second kappa shape index (κ2) is 3.92. The highest BCUT2D eigenvalue weighted by molar-refractivity contribution is 7.03. The van der Waals surface area contributed by atoms with Crippen molar-refractivity contribution in [2.75, 3.05) is 6.61 Å². The minimum absolute atomic E-state index is 0.0604. The summed E-state index contributed by atoms with van der Waals surface area (Å²) in [5.41, 5.74) is 1.98. The molecule has 2 heterocycles. The molecule has 2 unspecified atom stereocenters. The summed E-state index contributed by atoms with van der Waals surface area (Å²) in [4.78, 5) is 23.1. The van der Waals surface area contributed by atoms with Crippen molar-refractivity contribution >= 4 is 23.6 Å². The van der Waals surface area contributed by atoms with E-state index in [2.05, 4.69) is 4.37 Å². The van der Waals surface area contributed by atoms with E-state index in [1.54, 1.807) is 17.7 Å². The number of hydrogen-bond donors (Lipinski definition) is 0. The number of ketones is 1. The molecule has 0 aromatic carbocycles. The van der Waals surface area contributed by atoms with E-state index in [4.69, 9.17) is 4.74 Å². The Balaban J connectivity index is 2.00. The molecule has 0 amide bonds. The van der Waals surface area contributed by atoms with Crippen LogP contribution in [0.5, 0.6) is 0 Å². The molecule has 4 nitrogen and oxygen atoms in total. The Labute approximate surface area is 102 Å². The van der Waals surface area contributed by atoms with Gasteiger partial charge in [0.2, 0.25) is 0 Å². The van der Waals surface area contributed by atoms with Gasteiger partial charge in [-0.15, -0.1) is 0 Å². The summed E-state index contributed by atoms with van der Waals surface area (Å²) in [5, 5.41) is 1.67. The van der Waals surface area contributed by atoms with Crippen molar-refractivity contribution in [1.29, 1.82) is 0 Å². The summed E-state index contributed by atoms with van der Waals surface area (Å²) in [7, 11) is 0. The highest BCUT2D eigenvalue weighted by Gasteiger charge is 2.36. The Kier molecular flexibility index (Phi) is 2.40. The van der Waals surface area contributed by atoms with Gasteiger partial charge in [0.15, 0.2) is 12.1 Å². The molecule has 0 bridgehead atoms. The summed E-state index contributed by atoms with van der Waals surface area (Å²) < 4.78 is 9.32. The first-order valence-electron chi connectivity index (χ1n) is 5.24. The number of rotatable bonds is 2. The van der Waals surface area contributed by atoms with Crippen molar-refractivity contribution < 1.29 is 14.3 Å². The Hall–Kier alpha value is -1.75. The number of allylic oxidation sites excluding steroid dienone is 2. The molecule has 1 aliphatic heterocycles. The predicted octanol–water partition coefficient (Wildman–Crippen LogP) is 1.71. The van der Waals surface area contributed by atoms with Crippen LogP contribution < -0.4 is 0 Å². The van der Waals surface area contributed by atoms with Crippen LogP contribution in [0.2, 0.25) is 0 Å². The molecule has 1 aliphatic carbocycles. The average molecular weight is 247 g/mol. The number of carbonyl (C=O) groups excluding carboxylic acids is 2. The highest BCUT2D eigenvalue weighted by Crippen LogP contribution is 2.35. The molecular weight excluding hydrogens is 238 g/mol. The third-order valence-corrected chi connectivity index (χ3v) is 3.73. The van der Waals surface area contributed by atoms with Crippen molar-refractivity contribution in [2.45, 2.75) is 5.92 Å². The van der Waals surface area contributed by atoms with E-state index in [0.29, 0.717) is 17.9 Å². The quantitative estimate of drug-likeness (QED) is 0.746. The van der Waals surface area contributed by atoms with Gasteiger partial charge < -0.3 is 4.74 Å². The van der Waals surface area contributed by atoms with Crippen LogP contribution in [0.3, 0.4) is 0 Å². The minimum atomic E-state index is -0.412. The Morgan fingerprint density at radius 2 is 2.41 bits per heavy atom. The number of aromatic nitrogens is 1. The lowest BCUT2D eigenvalue weighted by Gasteiger charge is -2.19. The van der Waals surface area contributed by atoms with Gasteiger partial charge in [0.1, 0.15) is 6.61 Å². The monoisotopic (exact) mass is 247 g/mol. The lowest BCUT2D eigenvalue weighted by atomic mass is 9.81. The van der Waals surface area contributed by atoms with E-state index in [1.807, 2.05) is 6.08 Å². The molecule has 0 spiro atoms. The van der Waals surface area contributed by atoms with E-state index in [1.165, 1.54) is 11.5 Å². The zero-order chi connectivity index (χ0) is 11.8. The van der Waals surface area contributed by atoms with Crippen LogP contribution in [-0.4, -0.2) is 23.0 Å². The van der Waals surface area contributed by atoms with Crippen LogP contribution in [0.1, 0.15) is 22.0 Å². The molecule has 2 atom stereocenters. The third kappa shape index (κ3) is 1.54. The van der Waals surface area contributed by atoms with E-state index in [9.17, 15) is 9.59 Å². The van der Waals surface area contributed by atoms with Crippen molar-refractivity contribution in [3.05, 3.63) is 40.6 Å². The van der Waals surface area contributed by atoms with Gasteiger partial charge in [-0.05, 0) is 11.5 Å². The van der Waals surface area contributed by atoms with E-state index >= 15 is 0 Å². The predicted molar refractivity (Wildman–Crippen MR) is 61.9 cm³/mol. The molecule has 0 radical (unpaired) electrons. The molecule has 17 heavy (non-hydrogen) atoms. The summed E-state index contributed by atoms with van der Waals surface area (Å²) in [5.74, 6) is -0.554. The fourth-order valence-corrected chi connectivity index (χ4v) is 2.82. The van der Waals surface area contributed by atoms with Crippen LogP contribution in [0.15, 0.2) is 29.4 Å². The molecular formula is C12H9NO3S. The van der Waals surface area contributed by atoms with Gasteiger partial charge >= 0.3 is 0 Å². The maximum Gasteiger partial charge on any atom is 0.156 e. The molecule has 0 saturated heterocycles. The first-order valence-corrected chi connectivity index (χ1v) is 6.08. The second-order valence-corrected chi connectivity index (χ2v) is 4.65. The standard InChI is InChI=1S/C12H9NO3S/c14-3-8-6-17-13-11(8)9-2-1-7-4-16-5-10(7)12(9)15/h1-4,6,9-10H,5H2. The fraction of sp³-hybridized carbons (Fsp3) is 0.250. The number of aldehydes is 1. The van der Waals surface area contributed by atoms with Gasteiger partial charge in [-0.2, -0.15) is 4.37 Å². The SMILES string of the molecule is O=Cc1csnc1C1C=CC2=COCC2C1=O. The second-order valence-electron chi connectivity index (χ2n) is 4.02. The number of carbonyl (C=O) groups is 2. The van der Waals surface area contributed by atoms with Crippen LogP contribution in [-0.2, 0) is 9.53 Å². The molecule has 0 fully saturated rings. The zero-order valence-electron chi connectivity index (χ0n) is 8.83. The number of nitrogens with zero attached hydrogens (tertiary/aromatic N) is 1. The molecule has 86 valence electrons. The van der Waals surface area contributed by atoms with Gasteiger partial charge in [-0.3, -0.25) is 9.59 Å². The number of Topliss-reactive ketones (excluding diaryl/α,β-unsaturated/α-hetero) is 1. The summed E-state index contributed by atoms with van der Waals surface area (Å²) in [6.07, 6.45) is 6.05. The first-order chi connectivity index (χ1) is 8.31. The van der Waals surface area contributed by atoms with Gasteiger partial charge in [0.05, 0.1) is 23.8 Å². The summed E-state index contributed by atoms with van der Waals surface area (Å²) in [6.45, 7) is 0.398.